The third-order valence-corrected chi connectivity index (χ3v) is 5.61. The highest BCUT2D eigenvalue weighted by Gasteiger charge is 2.17. The second kappa shape index (κ2) is 7.77. The number of nitrogens with one attached hydrogen (secondary N) is 2. The maximum absolute atomic E-state index is 12.3. The lowest BCUT2D eigenvalue weighted by Gasteiger charge is -2.10. The van der Waals surface area contributed by atoms with Gasteiger partial charge in [0.05, 0.1) is 19.1 Å². The molecule has 2 N–H and O–H groups in total. The Morgan fingerprint density at radius 3 is 2.26 bits per heavy atom. The van der Waals surface area contributed by atoms with Crippen LogP contribution in [0.4, 0.5) is 0 Å². The molecule has 23 heavy (non-hydrogen) atoms. The van der Waals surface area contributed by atoms with Gasteiger partial charge < -0.3 is 4.90 Å². The zero-order valence-corrected chi connectivity index (χ0v) is 16.1. The van der Waals surface area contributed by atoms with Crippen LogP contribution in [0.1, 0.15) is 11.1 Å². The van der Waals surface area contributed by atoms with E-state index in [1.54, 1.807) is 12.1 Å². The van der Waals surface area contributed by atoms with Gasteiger partial charge in [-0.15, -0.1) is 0 Å². The molecule has 0 aliphatic heterocycles. The van der Waals surface area contributed by atoms with Crippen molar-refractivity contribution in [2.24, 2.45) is 0 Å². The number of sulfonamides is 1. The SMILES string of the molecule is C[NH+](C)Cc1ccc(CNS(=O)(=O)c2ccc(Br)cc2Cl)cc1. The quantitative estimate of drug-likeness (QED) is 0.756. The molecule has 0 amide bonds. The van der Waals surface area contributed by atoms with Crippen LogP contribution >= 0.6 is 27.5 Å². The Morgan fingerprint density at radius 1 is 1.09 bits per heavy atom. The number of hydrogen-bond acceptors (Lipinski definition) is 2. The molecule has 0 atom stereocenters. The minimum Gasteiger partial charge on any atom is -0.336 e. The summed E-state index contributed by atoms with van der Waals surface area (Å²) in [6.45, 7) is 1.16. The van der Waals surface area contributed by atoms with Gasteiger partial charge in [0.15, 0.2) is 0 Å². The molecule has 0 heterocycles. The summed E-state index contributed by atoms with van der Waals surface area (Å²) in [4.78, 5) is 1.42. The third-order valence-electron chi connectivity index (χ3n) is 3.23. The summed E-state index contributed by atoms with van der Waals surface area (Å²) in [5, 5.41) is 0.191. The van der Waals surface area contributed by atoms with Gasteiger partial charge in [-0.25, -0.2) is 13.1 Å². The van der Waals surface area contributed by atoms with Crippen molar-refractivity contribution in [2.75, 3.05) is 14.1 Å². The van der Waals surface area contributed by atoms with Crippen molar-refractivity contribution in [3.05, 3.63) is 63.1 Å². The zero-order chi connectivity index (χ0) is 17.0. The Morgan fingerprint density at radius 2 is 1.70 bits per heavy atom. The van der Waals surface area contributed by atoms with Gasteiger partial charge in [0.2, 0.25) is 10.0 Å². The second-order valence-electron chi connectivity index (χ2n) is 5.60. The molecule has 2 aromatic carbocycles. The van der Waals surface area contributed by atoms with Crippen LogP contribution in [0, 0.1) is 0 Å². The van der Waals surface area contributed by atoms with E-state index >= 15 is 0 Å². The fourth-order valence-corrected chi connectivity index (χ4v) is 4.19. The second-order valence-corrected chi connectivity index (χ2v) is 8.66. The first-order valence-corrected chi connectivity index (χ1v) is 9.75. The molecule has 0 aromatic heterocycles. The summed E-state index contributed by atoms with van der Waals surface area (Å²) in [5.74, 6) is 0. The van der Waals surface area contributed by atoms with E-state index in [0.29, 0.717) is 0 Å². The van der Waals surface area contributed by atoms with E-state index < -0.39 is 10.0 Å². The van der Waals surface area contributed by atoms with Gasteiger partial charge in [-0.05, 0) is 23.8 Å². The smallest absolute Gasteiger partial charge is 0.242 e. The number of rotatable bonds is 6. The molecule has 4 nitrogen and oxygen atoms in total. The van der Waals surface area contributed by atoms with Crippen LogP contribution in [0.5, 0.6) is 0 Å². The predicted molar refractivity (Wildman–Crippen MR) is 96.1 cm³/mol. The molecule has 0 bridgehead atoms. The van der Waals surface area contributed by atoms with E-state index in [1.165, 1.54) is 16.5 Å². The van der Waals surface area contributed by atoms with Crippen molar-refractivity contribution in [3.63, 3.8) is 0 Å². The molecule has 0 saturated heterocycles. The Balaban J connectivity index is 2.07. The highest BCUT2D eigenvalue weighted by Crippen LogP contribution is 2.25. The van der Waals surface area contributed by atoms with Crippen LogP contribution in [-0.4, -0.2) is 22.5 Å². The van der Waals surface area contributed by atoms with Crippen LogP contribution in [0.25, 0.3) is 0 Å². The van der Waals surface area contributed by atoms with Gasteiger partial charge in [-0.3, -0.25) is 0 Å². The monoisotopic (exact) mass is 417 g/mol. The molecule has 0 spiro atoms. The highest BCUT2D eigenvalue weighted by atomic mass is 79.9. The Hall–Kier alpha value is -0.920. The Bertz CT molecular complexity index is 777. The molecule has 2 rings (SSSR count). The average molecular weight is 419 g/mol. The van der Waals surface area contributed by atoms with E-state index in [2.05, 4.69) is 34.7 Å². The van der Waals surface area contributed by atoms with Crippen LogP contribution in [0.2, 0.25) is 5.02 Å². The van der Waals surface area contributed by atoms with Crippen LogP contribution in [0.3, 0.4) is 0 Å². The molecule has 0 unspecified atom stereocenters. The lowest BCUT2D eigenvalue weighted by atomic mass is 10.1. The van der Waals surface area contributed by atoms with E-state index in [1.807, 2.05) is 24.3 Å². The topological polar surface area (TPSA) is 50.6 Å². The summed E-state index contributed by atoms with van der Waals surface area (Å²) in [6, 6.07) is 12.6. The summed E-state index contributed by atoms with van der Waals surface area (Å²) in [6.07, 6.45) is 0. The molecule has 2 aromatic rings. The summed E-state index contributed by atoms with van der Waals surface area (Å²) >= 11 is 9.27. The number of quaternary nitrogens is 1. The van der Waals surface area contributed by atoms with Gasteiger partial charge in [0, 0.05) is 16.6 Å². The number of hydrogen-bond donors (Lipinski definition) is 2. The number of benzene rings is 2. The molecule has 124 valence electrons. The summed E-state index contributed by atoms with van der Waals surface area (Å²) in [7, 11) is 0.533. The average Bonchev–Trinajstić information content (AvgIpc) is 2.45. The first-order valence-electron chi connectivity index (χ1n) is 7.09. The molecule has 0 aliphatic carbocycles. The Labute approximate surface area is 150 Å². The minimum absolute atomic E-state index is 0.0789. The van der Waals surface area contributed by atoms with E-state index in [9.17, 15) is 8.42 Å². The van der Waals surface area contributed by atoms with E-state index in [0.717, 1.165) is 16.6 Å². The fourth-order valence-electron chi connectivity index (χ4n) is 2.13. The number of halogens is 2. The highest BCUT2D eigenvalue weighted by molar-refractivity contribution is 9.10. The van der Waals surface area contributed by atoms with Gasteiger partial charge in [0.25, 0.3) is 0 Å². The van der Waals surface area contributed by atoms with Crippen LogP contribution in [-0.2, 0) is 23.1 Å². The Kier molecular flexibility index (Phi) is 6.22. The fraction of sp³-hybridized carbons (Fsp3) is 0.250. The lowest BCUT2D eigenvalue weighted by molar-refractivity contribution is -0.872. The minimum atomic E-state index is -3.64. The van der Waals surface area contributed by atoms with Crippen molar-refractivity contribution < 1.29 is 13.3 Å². The van der Waals surface area contributed by atoms with Gasteiger partial charge in [0.1, 0.15) is 11.4 Å². The van der Waals surface area contributed by atoms with Gasteiger partial charge in [-0.1, -0.05) is 51.8 Å². The van der Waals surface area contributed by atoms with Crippen LogP contribution < -0.4 is 9.62 Å². The van der Waals surface area contributed by atoms with Crippen molar-refractivity contribution >= 4 is 37.6 Å². The first-order chi connectivity index (χ1) is 10.8. The van der Waals surface area contributed by atoms with Gasteiger partial charge in [-0.2, -0.15) is 0 Å². The standard InChI is InChI=1S/C16H18BrClN2O2S/c1-20(2)11-13-5-3-12(4-6-13)10-19-23(21,22)16-8-7-14(17)9-15(16)18/h3-9,19H,10-11H2,1-2H3/p+1. The van der Waals surface area contributed by atoms with Crippen molar-refractivity contribution in [1.29, 1.82) is 0 Å². The first kappa shape index (κ1) is 18.4. The molecule has 0 saturated carbocycles. The van der Waals surface area contributed by atoms with Crippen LogP contribution in [0.15, 0.2) is 51.8 Å². The summed E-state index contributed by atoms with van der Waals surface area (Å²) in [5.41, 5.74) is 2.12. The molecular formula is C16H19BrClN2O2S+. The summed E-state index contributed by atoms with van der Waals surface area (Å²) < 4.78 is 28.0. The lowest BCUT2D eigenvalue weighted by Crippen LogP contribution is -3.04. The van der Waals surface area contributed by atoms with E-state index in [-0.39, 0.29) is 16.5 Å². The predicted octanol–water partition coefficient (Wildman–Crippen LogP) is 2.23. The van der Waals surface area contributed by atoms with Gasteiger partial charge >= 0.3 is 0 Å². The molecular weight excluding hydrogens is 400 g/mol. The zero-order valence-electron chi connectivity index (χ0n) is 12.9. The molecule has 0 fully saturated rings. The third kappa shape index (κ3) is 5.29. The largest absolute Gasteiger partial charge is 0.336 e. The van der Waals surface area contributed by atoms with Crippen molar-refractivity contribution in [3.8, 4) is 0 Å². The normalized spacial score (nSPS) is 11.9. The van der Waals surface area contributed by atoms with E-state index in [4.69, 9.17) is 11.6 Å². The molecule has 0 aliphatic rings. The maximum atomic E-state index is 12.3. The maximum Gasteiger partial charge on any atom is 0.242 e. The molecule has 0 radical (unpaired) electrons. The van der Waals surface area contributed by atoms with Crippen molar-refractivity contribution in [1.82, 2.24) is 4.72 Å². The van der Waals surface area contributed by atoms with Crippen molar-refractivity contribution in [2.45, 2.75) is 18.0 Å². The molecule has 7 heteroatoms.